The number of nitro benzene ring substituents is 1. The van der Waals surface area contributed by atoms with Gasteiger partial charge in [0, 0.05) is 42.3 Å². The molecule has 1 aromatic rings. The Hall–Kier alpha value is -3.35. The molecule has 0 unspecified atom stereocenters. The van der Waals surface area contributed by atoms with E-state index in [4.69, 9.17) is 5.73 Å². The first-order chi connectivity index (χ1) is 15.3. The van der Waals surface area contributed by atoms with Crippen molar-refractivity contribution in [3.05, 3.63) is 33.9 Å². The number of nitrogens with two attached hydrogens (primary N) is 1. The fraction of sp³-hybridized carbons (Fsp3) is 0.474. The van der Waals surface area contributed by atoms with E-state index in [1.165, 1.54) is 12.1 Å². The highest BCUT2D eigenvalue weighted by Crippen LogP contribution is 2.33. The molecule has 3 atom stereocenters. The SMILES string of the molecule is Nc1ccc([N+](=O)[O-])c(C(=O)NCCNC(=O)C(=O)CCC[C@@H]2SC[C@@H]3NC(=O)N[C@@H]32)c1. The number of carbonyl (C=O) groups excluding carboxylic acids is 4. The van der Waals surface area contributed by atoms with E-state index < -0.39 is 22.5 Å². The Balaban J connectivity index is 1.35. The van der Waals surface area contributed by atoms with Crippen LogP contribution < -0.4 is 27.0 Å². The van der Waals surface area contributed by atoms with Crippen LogP contribution in [0.2, 0.25) is 0 Å². The van der Waals surface area contributed by atoms with Crippen molar-refractivity contribution < 1.29 is 24.1 Å². The highest BCUT2D eigenvalue weighted by atomic mass is 32.2. The van der Waals surface area contributed by atoms with Crippen molar-refractivity contribution in [3.8, 4) is 0 Å². The molecular formula is C19H24N6O6S. The van der Waals surface area contributed by atoms with Gasteiger partial charge in [-0.15, -0.1) is 0 Å². The average Bonchev–Trinajstić information content (AvgIpc) is 3.29. The van der Waals surface area contributed by atoms with Gasteiger partial charge in [-0.3, -0.25) is 24.5 Å². The molecule has 6 N–H and O–H groups in total. The number of urea groups is 1. The molecular weight excluding hydrogens is 440 g/mol. The fourth-order valence-corrected chi connectivity index (χ4v) is 5.20. The van der Waals surface area contributed by atoms with Gasteiger partial charge < -0.3 is 27.0 Å². The van der Waals surface area contributed by atoms with Crippen molar-refractivity contribution in [1.29, 1.82) is 0 Å². The van der Waals surface area contributed by atoms with E-state index in [-0.39, 0.29) is 59.8 Å². The van der Waals surface area contributed by atoms with Gasteiger partial charge in [0.2, 0.25) is 5.78 Å². The van der Waals surface area contributed by atoms with Crippen molar-refractivity contribution in [3.63, 3.8) is 0 Å². The minimum Gasteiger partial charge on any atom is -0.399 e. The maximum atomic E-state index is 12.2. The summed E-state index contributed by atoms with van der Waals surface area (Å²) in [6.45, 7) is -0.0232. The summed E-state index contributed by atoms with van der Waals surface area (Å²) < 4.78 is 0. The lowest BCUT2D eigenvalue weighted by molar-refractivity contribution is -0.385. The summed E-state index contributed by atoms with van der Waals surface area (Å²) in [6.07, 6.45) is 1.32. The van der Waals surface area contributed by atoms with Crippen LogP contribution in [0.1, 0.15) is 29.6 Å². The Morgan fingerprint density at radius 1 is 1.22 bits per heavy atom. The predicted octanol–water partition coefficient (Wildman–Crippen LogP) is -0.0722. The van der Waals surface area contributed by atoms with Crippen LogP contribution in [-0.4, -0.2) is 64.7 Å². The summed E-state index contributed by atoms with van der Waals surface area (Å²) in [7, 11) is 0. The number of benzene rings is 1. The fourth-order valence-electron chi connectivity index (χ4n) is 3.66. The number of anilines is 1. The number of amides is 4. The standard InChI is InChI=1S/C19H24N6O6S/c20-10-4-5-13(25(30)31)11(8-10)17(27)21-6-7-22-18(28)14(26)2-1-3-15-16-12(9-32-15)23-19(29)24-16/h4-5,8,12,15-16H,1-3,6-7,9,20H2,(H,21,27)(H,22,28)(H2,23,24,29)/t12-,15-,16-/m0/s1. The number of nitrogens with one attached hydrogen (secondary N) is 4. The first kappa shape index (κ1) is 23.3. The Bertz CT molecular complexity index is 941. The average molecular weight is 465 g/mol. The Kier molecular flexibility index (Phi) is 7.51. The molecule has 1 aromatic carbocycles. The molecule has 0 radical (unpaired) electrons. The molecule has 4 amide bonds. The topological polar surface area (TPSA) is 186 Å². The minimum absolute atomic E-state index is 0.00758. The number of fused-ring (bicyclic) bond motifs is 1. The third-order valence-electron chi connectivity index (χ3n) is 5.24. The normalized spacial score (nSPS) is 21.2. The lowest BCUT2D eigenvalue weighted by atomic mass is 10.0. The molecule has 172 valence electrons. The monoisotopic (exact) mass is 464 g/mol. The lowest BCUT2D eigenvalue weighted by Gasteiger charge is -2.16. The quantitative estimate of drug-likeness (QED) is 0.0795. The van der Waals surface area contributed by atoms with Crippen molar-refractivity contribution in [2.75, 3.05) is 24.6 Å². The molecule has 0 aromatic heterocycles. The van der Waals surface area contributed by atoms with Crippen molar-refractivity contribution in [2.45, 2.75) is 36.6 Å². The number of nitrogen functional groups attached to an aromatic ring is 1. The summed E-state index contributed by atoms with van der Waals surface area (Å²) in [4.78, 5) is 57.9. The molecule has 0 bridgehead atoms. The van der Waals surface area contributed by atoms with Gasteiger partial charge in [-0.2, -0.15) is 11.8 Å². The van der Waals surface area contributed by atoms with Crippen LogP contribution in [0, 0.1) is 10.1 Å². The summed E-state index contributed by atoms with van der Waals surface area (Å²) in [5, 5.41) is 21.9. The number of rotatable bonds is 10. The minimum atomic E-state index is -0.748. The van der Waals surface area contributed by atoms with Crippen molar-refractivity contribution in [1.82, 2.24) is 21.3 Å². The maximum absolute atomic E-state index is 12.2. The van der Waals surface area contributed by atoms with E-state index in [1.807, 2.05) is 0 Å². The van der Waals surface area contributed by atoms with Gasteiger partial charge in [-0.25, -0.2) is 4.79 Å². The number of ketones is 1. The predicted molar refractivity (Wildman–Crippen MR) is 117 cm³/mol. The highest BCUT2D eigenvalue weighted by Gasteiger charge is 2.42. The third kappa shape index (κ3) is 5.66. The number of hydrogen-bond donors (Lipinski definition) is 5. The largest absolute Gasteiger partial charge is 0.399 e. The molecule has 13 heteroatoms. The van der Waals surface area contributed by atoms with Crippen LogP contribution >= 0.6 is 11.8 Å². The summed E-state index contributed by atoms with van der Waals surface area (Å²) in [5.41, 5.74) is 5.23. The van der Waals surface area contributed by atoms with Crippen LogP contribution in [0.15, 0.2) is 18.2 Å². The smallest absolute Gasteiger partial charge is 0.315 e. The van der Waals surface area contributed by atoms with Crippen LogP contribution in [-0.2, 0) is 9.59 Å². The van der Waals surface area contributed by atoms with Gasteiger partial charge in [0.05, 0.1) is 17.0 Å². The van der Waals surface area contributed by atoms with E-state index in [0.29, 0.717) is 12.8 Å². The van der Waals surface area contributed by atoms with Gasteiger partial charge in [-0.05, 0) is 25.0 Å². The molecule has 3 rings (SSSR count). The third-order valence-corrected chi connectivity index (χ3v) is 6.75. The summed E-state index contributed by atoms with van der Waals surface area (Å²) >= 11 is 1.74. The van der Waals surface area contributed by atoms with E-state index >= 15 is 0 Å². The molecule has 12 nitrogen and oxygen atoms in total. The van der Waals surface area contributed by atoms with E-state index in [0.717, 1.165) is 11.8 Å². The Morgan fingerprint density at radius 2 is 1.97 bits per heavy atom. The lowest BCUT2D eigenvalue weighted by Crippen LogP contribution is -2.38. The first-order valence-electron chi connectivity index (χ1n) is 10.1. The molecule has 2 saturated heterocycles. The van der Waals surface area contributed by atoms with E-state index in [2.05, 4.69) is 21.3 Å². The van der Waals surface area contributed by atoms with Crippen LogP contribution in [0.5, 0.6) is 0 Å². The number of nitrogens with zero attached hydrogens (tertiary/aromatic N) is 1. The van der Waals surface area contributed by atoms with Crippen LogP contribution in [0.25, 0.3) is 0 Å². The number of thioether (sulfide) groups is 1. The van der Waals surface area contributed by atoms with Gasteiger partial charge in [0.15, 0.2) is 0 Å². The van der Waals surface area contributed by atoms with Gasteiger partial charge in [0.25, 0.3) is 17.5 Å². The molecule has 2 aliphatic rings. The van der Waals surface area contributed by atoms with Gasteiger partial charge in [0.1, 0.15) is 5.56 Å². The highest BCUT2D eigenvalue weighted by molar-refractivity contribution is 8.00. The number of carbonyl (C=O) groups is 4. The molecule has 0 saturated carbocycles. The number of hydrogen-bond acceptors (Lipinski definition) is 8. The van der Waals surface area contributed by atoms with E-state index in [9.17, 15) is 29.3 Å². The first-order valence-corrected chi connectivity index (χ1v) is 11.1. The Labute approximate surface area is 187 Å². The second kappa shape index (κ2) is 10.3. The van der Waals surface area contributed by atoms with Crippen LogP contribution in [0.4, 0.5) is 16.2 Å². The zero-order valence-electron chi connectivity index (χ0n) is 17.1. The molecule has 32 heavy (non-hydrogen) atoms. The number of nitro groups is 1. The summed E-state index contributed by atoms with van der Waals surface area (Å²) in [5.74, 6) is -1.18. The van der Waals surface area contributed by atoms with E-state index in [1.54, 1.807) is 11.8 Å². The van der Waals surface area contributed by atoms with Crippen LogP contribution in [0.3, 0.4) is 0 Å². The zero-order chi connectivity index (χ0) is 23.3. The maximum Gasteiger partial charge on any atom is 0.315 e. The second-order valence-corrected chi connectivity index (χ2v) is 8.75. The molecule has 2 fully saturated rings. The van der Waals surface area contributed by atoms with Crippen molar-refractivity contribution in [2.24, 2.45) is 0 Å². The molecule has 0 spiro atoms. The van der Waals surface area contributed by atoms with Crippen molar-refractivity contribution >= 4 is 46.8 Å². The molecule has 2 heterocycles. The molecule has 2 aliphatic heterocycles. The Morgan fingerprint density at radius 3 is 2.72 bits per heavy atom. The number of Topliss-reactive ketones (excluding diaryl/α,β-unsaturated/α-hetero) is 1. The van der Waals surface area contributed by atoms with Gasteiger partial charge >= 0.3 is 6.03 Å². The second-order valence-electron chi connectivity index (χ2n) is 7.48. The summed E-state index contributed by atoms with van der Waals surface area (Å²) in [6, 6.07) is 3.67. The van der Waals surface area contributed by atoms with Gasteiger partial charge in [-0.1, -0.05) is 0 Å². The zero-order valence-corrected chi connectivity index (χ0v) is 17.9. The molecule has 0 aliphatic carbocycles.